The zero-order valence-corrected chi connectivity index (χ0v) is 12.1. The van der Waals surface area contributed by atoms with E-state index in [2.05, 4.69) is 5.32 Å². The van der Waals surface area contributed by atoms with Gasteiger partial charge in [-0.05, 0) is 50.3 Å². The summed E-state index contributed by atoms with van der Waals surface area (Å²) in [6.07, 6.45) is -2.43. The van der Waals surface area contributed by atoms with Gasteiger partial charge in [0.1, 0.15) is 0 Å². The third kappa shape index (κ3) is 4.13. The van der Waals surface area contributed by atoms with Gasteiger partial charge in [-0.1, -0.05) is 23.7 Å². The number of rotatable bonds is 3. The third-order valence-electron chi connectivity index (χ3n) is 4.02. The van der Waals surface area contributed by atoms with Crippen molar-refractivity contribution in [3.05, 3.63) is 34.9 Å². The van der Waals surface area contributed by atoms with Gasteiger partial charge < -0.3 is 5.32 Å². The molecule has 5 heteroatoms. The molecule has 0 aliphatic heterocycles. The zero-order valence-electron chi connectivity index (χ0n) is 11.4. The quantitative estimate of drug-likeness (QED) is 0.818. The predicted octanol–water partition coefficient (Wildman–Crippen LogP) is 5.11. The average Bonchev–Trinajstić information content (AvgIpc) is 2.38. The second kappa shape index (κ2) is 6.35. The maximum Gasteiger partial charge on any atom is 0.391 e. The standard InChI is InChI=1S/C15H19ClF3N/c1-10(11-3-2-4-13(16)9-11)20-14-7-5-12(6-8-14)15(17,18)19/h2-4,9-10,12,14,20H,5-8H2,1H3/t10-,12?,14?/m0/s1. The largest absolute Gasteiger partial charge is 0.391 e. The van der Waals surface area contributed by atoms with Crippen LogP contribution in [0, 0.1) is 5.92 Å². The average molecular weight is 306 g/mol. The Balaban J connectivity index is 1.86. The van der Waals surface area contributed by atoms with E-state index in [1.54, 1.807) is 0 Å². The van der Waals surface area contributed by atoms with Crippen LogP contribution in [0.1, 0.15) is 44.2 Å². The first-order valence-electron chi connectivity index (χ1n) is 6.94. The maximum atomic E-state index is 12.6. The highest BCUT2D eigenvalue weighted by Crippen LogP contribution is 2.37. The number of hydrogen-bond acceptors (Lipinski definition) is 1. The van der Waals surface area contributed by atoms with E-state index in [0.717, 1.165) is 5.56 Å². The second-order valence-corrected chi connectivity index (χ2v) is 5.97. The van der Waals surface area contributed by atoms with E-state index in [1.165, 1.54) is 0 Å². The Bertz CT molecular complexity index is 439. The summed E-state index contributed by atoms with van der Waals surface area (Å²) >= 11 is 5.95. The fourth-order valence-electron chi connectivity index (χ4n) is 2.81. The van der Waals surface area contributed by atoms with Gasteiger partial charge in [-0.3, -0.25) is 0 Å². The summed E-state index contributed by atoms with van der Waals surface area (Å²) < 4.78 is 37.8. The second-order valence-electron chi connectivity index (χ2n) is 5.53. The van der Waals surface area contributed by atoms with E-state index >= 15 is 0 Å². The number of nitrogens with one attached hydrogen (secondary N) is 1. The molecule has 0 heterocycles. The van der Waals surface area contributed by atoms with E-state index in [4.69, 9.17) is 11.6 Å². The molecule has 0 bridgehead atoms. The molecule has 0 aromatic heterocycles. The van der Waals surface area contributed by atoms with Crippen molar-refractivity contribution in [2.75, 3.05) is 0 Å². The number of halogens is 4. The van der Waals surface area contributed by atoms with Gasteiger partial charge in [0.2, 0.25) is 0 Å². The van der Waals surface area contributed by atoms with Crippen molar-refractivity contribution in [2.24, 2.45) is 5.92 Å². The van der Waals surface area contributed by atoms with Crippen molar-refractivity contribution < 1.29 is 13.2 Å². The summed E-state index contributed by atoms with van der Waals surface area (Å²) in [5, 5.41) is 4.09. The van der Waals surface area contributed by atoms with Gasteiger partial charge in [0.25, 0.3) is 0 Å². The monoisotopic (exact) mass is 305 g/mol. The summed E-state index contributed by atoms with van der Waals surface area (Å²) in [7, 11) is 0. The van der Waals surface area contributed by atoms with Crippen LogP contribution in [0.2, 0.25) is 5.02 Å². The van der Waals surface area contributed by atoms with Gasteiger partial charge in [0.05, 0.1) is 5.92 Å². The van der Waals surface area contributed by atoms with Crippen LogP contribution in [0.25, 0.3) is 0 Å². The van der Waals surface area contributed by atoms with Crippen molar-refractivity contribution in [1.82, 2.24) is 5.32 Å². The van der Waals surface area contributed by atoms with E-state index in [0.29, 0.717) is 17.9 Å². The van der Waals surface area contributed by atoms with Crippen molar-refractivity contribution in [1.29, 1.82) is 0 Å². The molecular weight excluding hydrogens is 287 g/mol. The highest BCUT2D eigenvalue weighted by Gasteiger charge is 2.41. The molecule has 1 N–H and O–H groups in total. The van der Waals surface area contributed by atoms with Crippen molar-refractivity contribution in [3.63, 3.8) is 0 Å². The van der Waals surface area contributed by atoms with Crippen molar-refractivity contribution in [3.8, 4) is 0 Å². The normalized spacial score (nSPS) is 25.4. The van der Waals surface area contributed by atoms with Gasteiger partial charge >= 0.3 is 6.18 Å². The maximum absolute atomic E-state index is 12.6. The molecule has 1 aromatic rings. The van der Waals surface area contributed by atoms with Gasteiger partial charge in [-0.2, -0.15) is 13.2 Å². The Morgan fingerprint density at radius 2 is 1.85 bits per heavy atom. The summed E-state index contributed by atoms with van der Waals surface area (Å²) in [6.45, 7) is 2.02. The van der Waals surface area contributed by atoms with E-state index < -0.39 is 12.1 Å². The summed E-state index contributed by atoms with van der Waals surface area (Å²) in [4.78, 5) is 0. The molecule has 0 spiro atoms. The van der Waals surface area contributed by atoms with Crippen LogP contribution in [-0.4, -0.2) is 12.2 Å². The van der Waals surface area contributed by atoms with E-state index in [1.807, 2.05) is 31.2 Å². The van der Waals surface area contributed by atoms with Crippen LogP contribution in [-0.2, 0) is 0 Å². The smallest absolute Gasteiger partial charge is 0.307 e. The Morgan fingerprint density at radius 3 is 2.40 bits per heavy atom. The minimum absolute atomic E-state index is 0.0983. The number of benzene rings is 1. The summed E-state index contributed by atoms with van der Waals surface area (Å²) in [5.74, 6) is -1.12. The first kappa shape index (κ1) is 15.6. The number of alkyl halides is 3. The highest BCUT2D eigenvalue weighted by molar-refractivity contribution is 6.30. The molecule has 1 aliphatic rings. The third-order valence-corrected chi connectivity index (χ3v) is 4.26. The Kier molecular flexibility index (Phi) is 4.97. The lowest BCUT2D eigenvalue weighted by Crippen LogP contribution is -2.38. The molecule has 1 aliphatic carbocycles. The van der Waals surface area contributed by atoms with Crippen LogP contribution >= 0.6 is 11.6 Å². The molecule has 1 saturated carbocycles. The molecule has 0 radical (unpaired) electrons. The van der Waals surface area contributed by atoms with Gasteiger partial charge in [0, 0.05) is 17.1 Å². The summed E-state index contributed by atoms with van der Waals surface area (Å²) in [5.41, 5.74) is 1.07. The molecule has 112 valence electrons. The van der Waals surface area contributed by atoms with Crippen molar-refractivity contribution in [2.45, 2.75) is 50.9 Å². The first-order valence-corrected chi connectivity index (χ1v) is 7.32. The van der Waals surface area contributed by atoms with Gasteiger partial charge in [0.15, 0.2) is 0 Å². The fraction of sp³-hybridized carbons (Fsp3) is 0.600. The number of hydrogen-bond donors (Lipinski definition) is 1. The molecule has 0 amide bonds. The Morgan fingerprint density at radius 1 is 1.20 bits per heavy atom. The van der Waals surface area contributed by atoms with Crippen LogP contribution in [0.3, 0.4) is 0 Å². The lowest BCUT2D eigenvalue weighted by atomic mass is 9.85. The van der Waals surface area contributed by atoms with Crippen LogP contribution < -0.4 is 5.32 Å². The minimum atomic E-state index is -4.04. The minimum Gasteiger partial charge on any atom is -0.307 e. The van der Waals surface area contributed by atoms with E-state index in [-0.39, 0.29) is 24.9 Å². The molecule has 2 rings (SSSR count). The van der Waals surface area contributed by atoms with Crippen LogP contribution in [0.4, 0.5) is 13.2 Å². The van der Waals surface area contributed by atoms with Gasteiger partial charge in [-0.15, -0.1) is 0 Å². The molecule has 1 aromatic carbocycles. The van der Waals surface area contributed by atoms with Crippen LogP contribution in [0.15, 0.2) is 24.3 Å². The summed E-state index contributed by atoms with van der Waals surface area (Å²) in [6, 6.07) is 7.82. The Labute approximate surface area is 122 Å². The van der Waals surface area contributed by atoms with Crippen molar-refractivity contribution >= 4 is 11.6 Å². The molecule has 1 nitrogen and oxygen atoms in total. The lowest BCUT2D eigenvalue weighted by molar-refractivity contribution is -0.182. The molecule has 1 atom stereocenters. The predicted molar refractivity (Wildman–Crippen MR) is 74.8 cm³/mol. The first-order chi connectivity index (χ1) is 9.36. The SMILES string of the molecule is C[C@H](NC1CCC(C(F)(F)F)CC1)c1cccc(Cl)c1. The Hall–Kier alpha value is -0.740. The zero-order chi connectivity index (χ0) is 14.8. The molecule has 20 heavy (non-hydrogen) atoms. The molecular formula is C15H19ClF3N. The van der Waals surface area contributed by atoms with E-state index in [9.17, 15) is 13.2 Å². The fourth-order valence-corrected chi connectivity index (χ4v) is 3.01. The molecule has 0 unspecified atom stereocenters. The topological polar surface area (TPSA) is 12.0 Å². The van der Waals surface area contributed by atoms with Crippen LogP contribution in [0.5, 0.6) is 0 Å². The lowest BCUT2D eigenvalue weighted by Gasteiger charge is -2.32. The van der Waals surface area contributed by atoms with Gasteiger partial charge in [-0.25, -0.2) is 0 Å². The molecule has 1 fully saturated rings. The molecule has 0 saturated heterocycles. The highest BCUT2D eigenvalue weighted by atomic mass is 35.5.